The van der Waals surface area contributed by atoms with E-state index in [1.54, 1.807) is 30.3 Å². The number of thioether (sulfide) groups is 1. The summed E-state index contributed by atoms with van der Waals surface area (Å²) in [6.45, 7) is 1.83. The van der Waals surface area contributed by atoms with Gasteiger partial charge in [-0.05, 0) is 55.1 Å². The lowest BCUT2D eigenvalue weighted by atomic mass is 9.88. The van der Waals surface area contributed by atoms with E-state index < -0.39 is 23.6 Å². The first-order chi connectivity index (χ1) is 13.7. The van der Waals surface area contributed by atoms with Crippen LogP contribution >= 0.6 is 11.8 Å². The molecule has 1 heterocycles. The fourth-order valence-electron chi connectivity index (χ4n) is 3.23. The smallest absolute Gasteiger partial charge is 0.420 e. The molecule has 3 aromatic rings. The normalized spacial score (nSPS) is 15.1. The Kier molecular flexibility index (Phi) is 5.95. The Bertz CT molecular complexity index is 995. The molecule has 0 spiro atoms. The molecule has 8 heteroatoms. The summed E-state index contributed by atoms with van der Waals surface area (Å²) in [6, 6.07) is 12.5. The number of rotatable bonds is 6. The first-order valence-electron chi connectivity index (χ1n) is 8.85. The molecule has 2 aromatic carbocycles. The third-order valence-corrected chi connectivity index (χ3v) is 5.46. The Hall–Kier alpha value is -2.45. The molecular formula is C21H21F3N2O2S. The number of hydrogen-bond acceptors (Lipinski definition) is 5. The van der Waals surface area contributed by atoms with Crippen LogP contribution in [0.15, 0.2) is 54.6 Å². The Morgan fingerprint density at radius 1 is 1.07 bits per heavy atom. The number of alkyl halides is 3. The third kappa shape index (κ3) is 4.28. The number of nitrogens with one attached hydrogen (secondary N) is 1. The summed E-state index contributed by atoms with van der Waals surface area (Å²) < 4.78 is 42.0. The molecule has 0 saturated carbocycles. The van der Waals surface area contributed by atoms with E-state index in [9.17, 15) is 23.4 Å². The van der Waals surface area contributed by atoms with Crippen molar-refractivity contribution in [1.29, 1.82) is 0 Å². The second-order valence-corrected chi connectivity index (χ2v) is 7.71. The summed E-state index contributed by atoms with van der Waals surface area (Å²) in [5.41, 5.74) is -0.978. The number of pyridine rings is 1. The number of nitrogens with zero attached hydrogens (tertiary/aromatic N) is 1. The number of phenols is 1. The molecule has 29 heavy (non-hydrogen) atoms. The highest BCUT2D eigenvalue weighted by Gasteiger charge is 2.58. The SMILES string of the molecule is CSCC(O)(C(Nc1cccc2nc(C)ccc12)c1ccc(O)cc1)C(F)(F)F. The van der Waals surface area contributed by atoms with Gasteiger partial charge in [-0.25, -0.2) is 0 Å². The van der Waals surface area contributed by atoms with Gasteiger partial charge in [0.05, 0.1) is 11.6 Å². The van der Waals surface area contributed by atoms with Gasteiger partial charge in [0, 0.05) is 22.5 Å². The Labute approximate surface area is 170 Å². The van der Waals surface area contributed by atoms with Crippen LogP contribution in [0.5, 0.6) is 5.75 Å². The molecule has 3 rings (SSSR count). The molecule has 0 bridgehead atoms. The van der Waals surface area contributed by atoms with Crippen LogP contribution in [-0.4, -0.2) is 39.0 Å². The summed E-state index contributed by atoms with van der Waals surface area (Å²) in [5, 5.41) is 23.9. The number of hydrogen-bond donors (Lipinski definition) is 3. The lowest BCUT2D eigenvalue weighted by Gasteiger charge is -2.38. The van der Waals surface area contributed by atoms with Crippen LogP contribution in [0, 0.1) is 6.92 Å². The van der Waals surface area contributed by atoms with E-state index in [-0.39, 0.29) is 11.3 Å². The molecule has 0 saturated heterocycles. The first-order valence-corrected chi connectivity index (χ1v) is 10.2. The fraction of sp³-hybridized carbons (Fsp3) is 0.286. The molecule has 154 valence electrons. The topological polar surface area (TPSA) is 65.4 Å². The van der Waals surface area contributed by atoms with E-state index in [0.717, 1.165) is 17.5 Å². The predicted octanol–water partition coefficient (Wildman–Crippen LogP) is 5.06. The lowest BCUT2D eigenvalue weighted by Crippen LogP contribution is -2.54. The summed E-state index contributed by atoms with van der Waals surface area (Å²) >= 11 is 0.906. The summed E-state index contributed by atoms with van der Waals surface area (Å²) in [7, 11) is 0. The Balaban J connectivity index is 2.15. The van der Waals surface area contributed by atoms with Crippen LogP contribution in [0.1, 0.15) is 17.3 Å². The van der Waals surface area contributed by atoms with Crippen molar-refractivity contribution in [3.63, 3.8) is 0 Å². The number of anilines is 1. The van der Waals surface area contributed by atoms with Crippen LogP contribution < -0.4 is 5.32 Å². The maximum atomic E-state index is 14.0. The molecule has 0 fully saturated rings. The highest BCUT2D eigenvalue weighted by molar-refractivity contribution is 7.98. The van der Waals surface area contributed by atoms with Crippen molar-refractivity contribution >= 4 is 28.4 Å². The molecule has 4 nitrogen and oxygen atoms in total. The van der Waals surface area contributed by atoms with Crippen molar-refractivity contribution in [1.82, 2.24) is 4.98 Å². The van der Waals surface area contributed by atoms with E-state index in [0.29, 0.717) is 16.6 Å². The molecule has 2 unspecified atom stereocenters. The van der Waals surface area contributed by atoms with E-state index in [4.69, 9.17) is 0 Å². The number of halogens is 3. The first kappa shape index (κ1) is 21.3. The number of aromatic hydroxyl groups is 1. The van der Waals surface area contributed by atoms with Gasteiger partial charge in [0.25, 0.3) is 0 Å². The second-order valence-electron chi connectivity index (χ2n) is 6.85. The van der Waals surface area contributed by atoms with Gasteiger partial charge < -0.3 is 15.5 Å². The van der Waals surface area contributed by atoms with Crippen molar-refractivity contribution in [3.8, 4) is 5.75 Å². The molecule has 2 atom stereocenters. The van der Waals surface area contributed by atoms with Gasteiger partial charge >= 0.3 is 6.18 Å². The van der Waals surface area contributed by atoms with Gasteiger partial charge in [-0.15, -0.1) is 0 Å². The van der Waals surface area contributed by atoms with E-state index in [1.807, 2.05) is 6.92 Å². The third-order valence-electron chi connectivity index (χ3n) is 4.73. The molecule has 0 radical (unpaired) electrons. The minimum absolute atomic E-state index is 0.0715. The van der Waals surface area contributed by atoms with Crippen LogP contribution in [0.25, 0.3) is 10.9 Å². The number of aromatic nitrogens is 1. The van der Waals surface area contributed by atoms with Gasteiger partial charge in [-0.3, -0.25) is 4.98 Å². The fourth-order valence-corrected chi connectivity index (χ4v) is 4.00. The molecule has 0 aliphatic rings. The Morgan fingerprint density at radius 3 is 2.38 bits per heavy atom. The van der Waals surface area contributed by atoms with E-state index in [1.165, 1.54) is 30.5 Å². The molecule has 0 amide bonds. The van der Waals surface area contributed by atoms with Crippen molar-refractivity contribution in [2.75, 3.05) is 17.3 Å². The molecule has 0 aliphatic heterocycles. The molecule has 0 aliphatic carbocycles. The van der Waals surface area contributed by atoms with Crippen LogP contribution in [0.2, 0.25) is 0 Å². The van der Waals surface area contributed by atoms with Gasteiger partial charge in [0.2, 0.25) is 0 Å². The molecule has 1 aromatic heterocycles. The zero-order chi connectivity index (χ0) is 21.2. The van der Waals surface area contributed by atoms with Gasteiger partial charge in [0.1, 0.15) is 5.75 Å². The quantitative estimate of drug-likeness (QED) is 0.518. The summed E-state index contributed by atoms with van der Waals surface area (Å²) in [6.07, 6.45) is -3.37. The number of fused-ring (bicyclic) bond motifs is 1. The van der Waals surface area contributed by atoms with Crippen LogP contribution in [0.3, 0.4) is 0 Å². The number of phenolic OH excluding ortho intramolecular Hbond substituents is 1. The van der Waals surface area contributed by atoms with Gasteiger partial charge in [0.15, 0.2) is 5.60 Å². The maximum absolute atomic E-state index is 14.0. The highest BCUT2D eigenvalue weighted by Crippen LogP contribution is 2.44. The molecular weight excluding hydrogens is 401 g/mol. The second kappa shape index (κ2) is 8.12. The predicted molar refractivity (Wildman–Crippen MR) is 110 cm³/mol. The summed E-state index contributed by atoms with van der Waals surface area (Å²) in [5.74, 6) is -0.630. The van der Waals surface area contributed by atoms with E-state index >= 15 is 0 Å². The number of aliphatic hydroxyl groups is 1. The number of aryl methyl sites for hydroxylation is 1. The van der Waals surface area contributed by atoms with Crippen molar-refractivity contribution in [2.45, 2.75) is 24.7 Å². The number of benzene rings is 2. The van der Waals surface area contributed by atoms with Gasteiger partial charge in [-0.2, -0.15) is 24.9 Å². The average molecular weight is 422 g/mol. The zero-order valence-electron chi connectivity index (χ0n) is 15.9. The zero-order valence-corrected chi connectivity index (χ0v) is 16.7. The Morgan fingerprint density at radius 2 is 1.76 bits per heavy atom. The van der Waals surface area contributed by atoms with Crippen LogP contribution in [-0.2, 0) is 0 Å². The van der Waals surface area contributed by atoms with Gasteiger partial charge in [-0.1, -0.05) is 18.2 Å². The highest BCUT2D eigenvalue weighted by atomic mass is 32.2. The largest absolute Gasteiger partial charge is 0.508 e. The minimum atomic E-state index is -4.88. The van der Waals surface area contributed by atoms with E-state index in [2.05, 4.69) is 10.3 Å². The molecule has 3 N–H and O–H groups in total. The van der Waals surface area contributed by atoms with Crippen molar-refractivity contribution < 1.29 is 23.4 Å². The maximum Gasteiger partial charge on any atom is 0.420 e. The average Bonchev–Trinajstić information content (AvgIpc) is 2.66. The van der Waals surface area contributed by atoms with Crippen molar-refractivity contribution in [2.24, 2.45) is 0 Å². The van der Waals surface area contributed by atoms with Crippen molar-refractivity contribution in [3.05, 3.63) is 65.9 Å². The summed E-state index contributed by atoms with van der Waals surface area (Å²) in [4.78, 5) is 4.41. The standard InChI is InChI=1S/C21H21F3N2O2S/c1-13-6-11-16-17(25-13)4-3-5-18(16)26-19(14-7-9-15(27)10-8-14)20(28,12-29-2)21(22,23)24/h3-11,19,26-28H,12H2,1-2H3. The lowest BCUT2D eigenvalue weighted by molar-refractivity contribution is -0.256. The minimum Gasteiger partial charge on any atom is -0.508 e. The monoisotopic (exact) mass is 422 g/mol. The van der Waals surface area contributed by atoms with Crippen LogP contribution in [0.4, 0.5) is 18.9 Å².